The van der Waals surface area contributed by atoms with Gasteiger partial charge in [0.05, 0.1) is 0 Å². The van der Waals surface area contributed by atoms with Crippen molar-refractivity contribution in [3.8, 4) is 0 Å². The SMILES string of the molecule is Cc1cc(Br)cn(CCCCCS)c1=O. The monoisotopic (exact) mass is 289 g/mol. The highest BCUT2D eigenvalue weighted by molar-refractivity contribution is 9.10. The Morgan fingerprint density at radius 3 is 2.80 bits per heavy atom. The molecule has 0 N–H and O–H groups in total. The van der Waals surface area contributed by atoms with Crippen LogP contribution in [0.15, 0.2) is 21.5 Å². The van der Waals surface area contributed by atoms with Crippen molar-refractivity contribution >= 4 is 28.6 Å². The Bertz CT molecular complexity index is 375. The first-order valence-corrected chi connectivity index (χ1v) is 6.55. The Labute approximate surface area is 104 Å². The van der Waals surface area contributed by atoms with Crippen LogP contribution < -0.4 is 5.56 Å². The molecule has 15 heavy (non-hydrogen) atoms. The number of hydrogen-bond donors (Lipinski definition) is 1. The fourth-order valence-corrected chi connectivity index (χ4v) is 2.29. The normalized spacial score (nSPS) is 10.6. The smallest absolute Gasteiger partial charge is 0.253 e. The lowest BCUT2D eigenvalue weighted by atomic mass is 10.2. The predicted octanol–water partition coefficient (Wildman–Crippen LogP) is 3.02. The van der Waals surface area contributed by atoms with Gasteiger partial charge in [-0.2, -0.15) is 12.6 Å². The first-order chi connectivity index (χ1) is 7.15. The van der Waals surface area contributed by atoms with Crippen molar-refractivity contribution in [2.24, 2.45) is 0 Å². The van der Waals surface area contributed by atoms with Crippen molar-refractivity contribution in [3.63, 3.8) is 0 Å². The molecule has 1 aromatic rings. The second-order valence-corrected chi connectivity index (χ2v) is 4.99. The number of unbranched alkanes of at least 4 members (excludes halogenated alkanes) is 2. The zero-order valence-electron chi connectivity index (χ0n) is 8.87. The van der Waals surface area contributed by atoms with E-state index in [1.165, 1.54) is 0 Å². The minimum absolute atomic E-state index is 0.115. The lowest BCUT2D eigenvalue weighted by molar-refractivity contribution is 0.586. The highest BCUT2D eigenvalue weighted by Gasteiger charge is 2.01. The van der Waals surface area contributed by atoms with E-state index in [0.29, 0.717) is 0 Å². The van der Waals surface area contributed by atoms with E-state index in [0.717, 1.165) is 41.6 Å². The van der Waals surface area contributed by atoms with Crippen LogP contribution in [0, 0.1) is 6.92 Å². The van der Waals surface area contributed by atoms with Gasteiger partial charge in [0.2, 0.25) is 0 Å². The molecular formula is C11H16BrNOS. The van der Waals surface area contributed by atoms with E-state index >= 15 is 0 Å². The summed E-state index contributed by atoms with van der Waals surface area (Å²) in [5.41, 5.74) is 0.905. The van der Waals surface area contributed by atoms with Crippen LogP contribution in [-0.2, 0) is 6.54 Å². The zero-order chi connectivity index (χ0) is 11.3. The van der Waals surface area contributed by atoms with Gasteiger partial charge in [0.25, 0.3) is 5.56 Å². The van der Waals surface area contributed by atoms with Gasteiger partial charge < -0.3 is 4.57 Å². The molecule has 84 valence electrons. The molecule has 0 bridgehead atoms. The Hall–Kier alpha value is -0.220. The maximum atomic E-state index is 11.7. The van der Waals surface area contributed by atoms with Crippen molar-refractivity contribution in [2.75, 3.05) is 5.75 Å². The zero-order valence-corrected chi connectivity index (χ0v) is 11.4. The standard InChI is InChI=1S/C11H16BrNOS/c1-9-7-10(12)8-13(11(9)14)5-3-2-4-6-15/h7-8,15H,2-6H2,1H3. The summed E-state index contributed by atoms with van der Waals surface area (Å²) in [5.74, 6) is 0.923. The van der Waals surface area contributed by atoms with E-state index < -0.39 is 0 Å². The molecule has 0 atom stereocenters. The lowest BCUT2D eigenvalue weighted by Crippen LogP contribution is -2.21. The Kier molecular flexibility index (Phi) is 5.47. The highest BCUT2D eigenvalue weighted by atomic mass is 79.9. The summed E-state index contributed by atoms with van der Waals surface area (Å²) in [6.07, 6.45) is 5.14. The number of hydrogen-bond acceptors (Lipinski definition) is 2. The van der Waals surface area contributed by atoms with Gasteiger partial charge in [0.15, 0.2) is 0 Å². The van der Waals surface area contributed by atoms with Gasteiger partial charge in [-0.05, 0) is 47.5 Å². The van der Waals surface area contributed by atoms with Crippen LogP contribution >= 0.6 is 28.6 Å². The fourth-order valence-electron chi connectivity index (χ4n) is 1.48. The Morgan fingerprint density at radius 1 is 1.40 bits per heavy atom. The summed E-state index contributed by atoms with van der Waals surface area (Å²) in [7, 11) is 0. The number of nitrogens with zero attached hydrogens (tertiary/aromatic N) is 1. The maximum Gasteiger partial charge on any atom is 0.253 e. The minimum atomic E-state index is 0.115. The predicted molar refractivity (Wildman–Crippen MR) is 70.8 cm³/mol. The van der Waals surface area contributed by atoms with E-state index in [-0.39, 0.29) is 5.56 Å². The van der Waals surface area contributed by atoms with Crippen molar-refractivity contribution < 1.29 is 0 Å². The van der Waals surface area contributed by atoms with Gasteiger partial charge in [-0.25, -0.2) is 0 Å². The molecule has 0 spiro atoms. The largest absolute Gasteiger partial charge is 0.314 e. The van der Waals surface area contributed by atoms with Gasteiger partial charge in [0.1, 0.15) is 0 Å². The topological polar surface area (TPSA) is 22.0 Å². The van der Waals surface area contributed by atoms with E-state index in [1.54, 1.807) is 4.57 Å². The van der Waals surface area contributed by atoms with Gasteiger partial charge in [0, 0.05) is 22.8 Å². The first-order valence-electron chi connectivity index (χ1n) is 5.12. The molecule has 0 aromatic carbocycles. The molecule has 0 amide bonds. The molecule has 1 aromatic heterocycles. The average molecular weight is 290 g/mol. The Morgan fingerprint density at radius 2 is 2.13 bits per heavy atom. The summed E-state index contributed by atoms with van der Waals surface area (Å²) in [6, 6.07) is 1.85. The average Bonchev–Trinajstić information content (AvgIpc) is 2.19. The number of aryl methyl sites for hydroxylation is 2. The molecule has 0 aliphatic rings. The maximum absolute atomic E-state index is 11.7. The third-order valence-corrected chi connectivity index (χ3v) is 3.04. The molecular weight excluding hydrogens is 274 g/mol. The summed E-state index contributed by atoms with van der Waals surface area (Å²) in [5, 5.41) is 0. The van der Waals surface area contributed by atoms with Crippen LogP contribution in [0.4, 0.5) is 0 Å². The summed E-state index contributed by atoms with van der Waals surface area (Å²) in [6.45, 7) is 2.64. The lowest BCUT2D eigenvalue weighted by Gasteiger charge is -2.07. The highest BCUT2D eigenvalue weighted by Crippen LogP contribution is 2.09. The van der Waals surface area contributed by atoms with E-state index in [4.69, 9.17) is 0 Å². The first kappa shape index (κ1) is 12.8. The van der Waals surface area contributed by atoms with Gasteiger partial charge in [-0.1, -0.05) is 6.42 Å². The second kappa shape index (κ2) is 6.38. The molecule has 0 saturated heterocycles. The molecule has 0 fully saturated rings. The van der Waals surface area contributed by atoms with Crippen molar-refractivity contribution in [1.29, 1.82) is 0 Å². The number of rotatable bonds is 5. The molecule has 0 saturated carbocycles. The van der Waals surface area contributed by atoms with E-state index in [2.05, 4.69) is 28.6 Å². The van der Waals surface area contributed by atoms with E-state index in [9.17, 15) is 4.79 Å². The molecule has 1 rings (SSSR count). The second-order valence-electron chi connectivity index (χ2n) is 3.62. The molecule has 0 aliphatic heterocycles. The number of halogens is 1. The van der Waals surface area contributed by atoms with Crippen molar-refractivity contribution in [2.45, 2.75) is 32.7 Å². The van der Waals surface area contributed by atoms with Crippen molar-refractivity contribution in [1.82, 2.24) is 4.57 Å². The molecule has 0 aliphatic carbocycles. The third kappa shape index (κ3) is 4.03. The van der Waals surface area contributed by atoms with Crippen LogP contribution in [0.2, 0.25) is 0 Å². The van der Waals surface area contributed by atoms with Crippen LogP contribution in [0.3, 0.4) is 0 Å². The van der Waals surface area contributed by atoms with Crippen LogP contribution in [0.25, 0.3) is 0 Å². The van der Waals surface area contributed by atoms with Crippen LogP contribution in [0.5, 0.6) is 0 Å². The number of pyridine rings is 1. The molecule has 0 unspecified atom stereocenters. The summed E-state index contributed by atoms with van der Waals surface area (Å²) >= 11 is 7.56. The number of aromatic nitrogens is 1. The van der Waals surface area contributed by atoms with Gasteiger partial charge >= 0.3 is 0 Å². The minimum Gasteiger partial charge on any atom is -0.314 e. The van der Waals surface area contributed by atoms with E-state index in [1.807, 2.05) is 19.2 Å². The molecule has 4 heteroatoms. The summed E-state index contributed by atoms with van der Waals surface area (Å²) < 4.78 is 2.74. The molecule has 0 radical (unpaired) electrons. The Balaban J connectivity index is 2.64. The van der Waals surface area contributed by atoms with Gasteiger partial charge in [-0.15, -0.1) is 0 Å². The van der Waals surface area contributed by atoms with Crippen LogP contribution in [-0.4, -0.2) is 10.3 Å². The van der Waals surface area contributed by atoms with Crippen LogP contribution in [0.1, 0.15) is 24.8 Å². The van der Waals surface area contributed by atoms with Gasteiger partial charge in [-0.3, -0.25) is 4.79 Å². The quantitative estimate of drug-likeness (QED) is 0.653. The fraction of sp³-hybridized carbons (Fsp3) is 0.545. The molecule has 1 heterocycles. The number of thiol groups is 1. The third-order valence-electron chi connectivity index (χ3n) is 2.29. The van der Waals surface area contributed by atoms with Crippen molar-refractivity contribution in [3.05, 3.63) is 32.7 Å². The summed E-state index contributed by atoms with van der Waals surface area (Å²) in [4.78, 5) is 11.7. The molecule has 2 nitrogen and oxygen atoms in total.